The van der Waals surface area contributed by atoms with Crippen molar-refractivity contribution in [3.05, 3.63) is 72.3 Å². The number of imidazole rings is 1. The van der Waals surface area contributed by atoms with Gasteiger partial charge in [-0.1, -0.05) is 23.9 Å². The van der Waals surface area contributed by atoms with Crippen molar-refractivity contribution in [2.24, 2.45) is 0 Å². The minimum atomic E-state index is -0.0506. The number of benzene rings is 1. The fourth-order valence-electron chi connectivity index (χ4n) is 2.75. The molecule has 3 aromatic rings. The number of carbonyl (C=O) groups is 1. The summed E-state index contributed by atoms with van der Waals surface area (Å²) in [6.07, 6.45) is 7.36. The van der Waals surface area contributed by atoms with Crippen LogP contribution in [-0.4, -0.2) is 51.9 Å². The number of hydrogen-bond acceptors (Lipinski definition) is 5. The van der Waals surface area contributed by atoms with Gasteiger partial charge in [0.15, 0.2) is 5.16 Å². The zero-order valence-electron chi connectivity index (χ0n) is 15.4. The fraction of sp³-hybridized carbons (Fsp3) is 0.250. The van der Waals surface area contributed by atoms with Gasteiger partial charge in [-0.15, -0.1) is 0 Å². The van der Waals surface area contributed by atoms with Gasteiger partial charge in [0.1, 0.15) is 0 Å². The zero-order chi connectivity index (χ0) is 19.1. The summed E-state index contributed by atoms with van der Waals surface area (Å²) in [6, 6.07) is 13.3. The van der Waals surface area contributed by atoms with Gasteiger partial charge < -0.3 is 9.64 Å². The molecule has 27 heavy (non-hydrogen) atoms. The van der Waals surface area contributed by atoms with Gasteiger partial charge in [-0.3, -0.25) is 14.3 Å². The quantitative estimate of drug-likeness (QED) is 0.560. The first-order valence-electron chi connectivity index (χ1n) is 8.59. The average Bonchev–Trinajstić information content (AvgIpc) is 3.20. The van der Waals surface area contributed by atoms with E-state index in [1.807, 2.05) is 59.5 Å². The summed E-state index contributed by atoms with van der Waals surface area (Å²) < 4.78 is 7.15. The van der Waals surface area contributed by atoms with E-state index in [1.165, 1.54) is 0 Å². The third kappa shape index (κ3) is 4.75. The van der Waals surface area contributed by atoms with Crippen LogP contribution in [0.4, 0.5) is 0 Å². The third-order valence-corrected chi connectivity index (χ3v) is 4.76. The summed E-state index contributed by atoms with van der Waals surface area (Å²) in [5, 5.41) is 0.879. The molecule has 1 aromatic carbocycles. The first-order chi connectivity index (χ1) is 13.2. The number of rotatable bonds is 8. The minimum absolute atomic E-state index is 0.0506. The average molecular weight is 382 g/mol. The zero-order valence-corrected chi connectivity index (χ0v) is 16.2. The van der Waals surface area contributed by atoms with E-state index < -0.39 is 0 Å². The number of carbonyl (C=O) groups excluding carboxylic acids is 1. The first-order valence-corrected chi connectivity index (χ1v) is 9.81. The van der Waals surface area contributed by atoms with Gasteiger partial charge in [-0.2, -0.15) is 0 Å². The van der Waals surface area contributed by atoms with Gasteiger partial charge in [0, 0.05) is 43.5 Å². The second kappa shape index (κ2) is 9.34. The summed E-state index contributed by atoms with van der Waals surface area (Å²) in [6.45, 7) is 1.40. The number of thioether (sulfide) groups is 1. The molecule has 3 rings (SSSR count). The molecule has 140 valence electrons. The van der Waals surface area contributed by atoms with Crippen LogP contribution in [0.15, 0.2) is 66.2 Å². The lowest BCUT2D eigenvalue weighted by atomic mass is 10.1. The summed E-state index contributed by atoms with van der Waals surface area (Å²) in [5.41, 5.74) is 2.38. The summed E-state index contributed by atoms with van der Waals surface area (Å²) in [5.74, 6) is -0.0506. The highest BCUT2D eigenvalue weighted by molar-refractivity contribution is 7.98. The Morgan fingerprint density at radius 3 is 2.81 bits per heavy atom. The van der Waals surface area contributed by atoms with Crippen LogP contribution in [0.2, 0.25) is 0 Å². The van der Waals surface area contributed by atoms with Crippen molar-refractivity contribution in [1.29, 1.82) is 0 Å². The molecule has 0 unspecified atom stereocenters. The van der Waals surface area contributed by atoms with Crippen molar-refractivity contribution in [1.82, 2.24) is 19.4 Å². The van der Waals surface area contributed by atoms with E-state index in [1.54, 1.807) is 36.2 Å². The molecule has 2 heterocycles. The fourth-order valence-corrected chi connectivity index (χ4v) is 3.28. The molecule has 0 aliphatic heterocycles. The molecule has 0 saturated heterocycles. The Morgan fingerprint density at radius 2 is 2.07 bits per heavy atom. The van der Waals surface area contributed by atoms with E-state index in [9.17, 15) is 4.79 Å². The molecule has 6 nitrogen and oxygen atoms in total. The van der Waals surface area contributed by atoms with Crippen molar-refractivity contribution in [3.8, 4) is 5.69 Å². The second-order valence-corrected chi connectivity index (χ2v) is 6.65. The lowest BCUT2D eigenvalue weighted by Crippen LogP contribution is -2.33. The molecule has 1 amide bonds. The molecule has 7 heteroatoms. The highest BCUT2D eigenvalue weighted by Gasteiger charge is 2.17. The largest absolute Gasteiger partial charge is 0.383 e. The Kier molecular flexibility index (Phi) is 6.62. The topological polar surface area (TPSA) is 60.2 Å². The lowest BCUT2D eigenvalue weighted by Gasteiger charge is -2.22. The van der Waals surface area contributed by atoms with E-state index in [0.717, 1.165) is 16.5 Å². The molecule has 0 aliphatic carbocycles. The van der Waals surface area contributed by atoms with Gasteiger partial charge in [-0.25, -0.2) is 4.98 Å². The molecule has 0 spiro atoms. The Hall–Kier alpha value is -2.64. The van der Waals surface area contributed by atoms with Crippen LogP contribution in [0.1, 0.15) is 16.1 Å². The number of ether oxygens (including phenoxy) is 1. The predicted octanol–water partition coefficient (Wildman–Crippen LogP) is 3.28. The maximum Gasteiger partial charge on any atom is 0.254 e. The number of aromatic nitrogens is 3. The number of nitrogens with zero attached hydrogens (tertiary/aromatic N) is 4. The molecular formula is C20H22N4O2S. The summed E-state index contributed by atoms with van der Waals surface area (Å²) in [7, 11) is 1.63. The van der Waals surface area contributed by atoms with E-state index in [2.05, 4.69) is 9.97 Å². The van der Waals surface area contributed by atoms with Gasteiger partial charge in [0.2, 0.25) is 0 Å². The minimum Gasteiger partial charge on any atom is -0.383 e. The second-order valence-electron chi connectivity index (χ2n) is 5.87. The van der Waals surface area contributed by atoms with E-state index in [4.69, 9.17) is 4.74 Å². The number of amides is 1. The van der Waals surface area contributed by atoms with Gasteiger partial charge >= 0.3 is 0 Å². The van der Waals surface area contributed by atoms with E-state index in [-0.39, 0.29) is 5.91 Å². The van der Waals surface area contributed by atoms with Crippen molar-refractivity contribution in [3.63, 3.8) is 0 Å². The Labute approximate surface area is 163 Å². The highest BCUT2D eigenvalue weighted by Crippen LogP contribution is 2.20. The predicted molar refractivity (Wildman–Crippen MR) is 106 cm³/mol. The third-order valence-electron chi connectivity index (χ3n) is 4.09. The van der Waals surface area contributed by atoms with Crippen LogP contribution in [0.25, 0.3) is 5.69 Å². The van der Waals surface area contributed by atoms with Crippen LogP contribution in [0.5, 0.6) is 0 Å². The Balaban J connectivity index is 1.86. The van der Waals surface area contributed by atoms with E-state index in [0.29, 0.717) is 25.3 Å². The lowest BCUT2D eigenvalue weighted by molar-refractivity contribution is 0.0678. The highest BCUT2D eigenvalue weighted by atomic mass is 32.2. The number of hydrogen-bond donors (Lipinski definition) is 0. The maximum atomic E-state index is 13.1. The molecule has 0 saturated carbocycles. The smallest absolute Gasteiger partial charge is 0.254 e. The Bertz CT molecular complexity index is 882. The summed E-state index contributed by atoms with van der Waals surface area (Å²) in [4.78, 5) is 23.6. The SMILES string of the molecule is COCCN(Cc1ccccn1)C(=O)c1cccc(-n2ccnc2SC)c1. The first kappa shape index (κ1) is 19.1. The molecule has 0 fully saturated rings. The van der Waals surface area contributed by atoms with E-state index >= 15 is 0 Å². The van der Waals surface area contributed by atoms with Crippen LogP contribution in [0, 0.1) is 0 Å². The standard InChI is InChI=1S/C20H22N4O2S/c1-26-13-12-23(15-17-7-3-4-9-21-17)19(25)16-6-5-8-18(14-16)24-11-10-22-20(24)27-2/h3-11,14H,12-13,15H2,1-2H3. The molecule has 0 N–H and O–H groups in total. The number of methoxy groups -OCH3 is 1. The molecule has 0 bridgehead atoms. The summed E-state index contributed by atoms with van der Waals surface area (Å²) >= 11 is 1.56. The van der Waals surface area contributed by atoms with Gasteiger partial charge in [-0.05, 0) is 36.6 Å². The van der Waals surface area contributed by atoms with Crippen LogP contribution < -0.4 is 0 Å². The van der Waals surface area contributed by atoms with Crippen molar-refractivity contribution in [2.45, 2.75) is 11.7 Å². The van der Waals surface area contributed by atoms with Gasteiger partial charge in [0.05, 0.1) is 18.8 Å². The van der Waals surface area contributed by atoms with Crippen LogP contribution in [0.3, 0.4) is 0 Å². The molecule has 0 atom stereocenters. The maximum absolute atomic E-state index is 13.1. The van der Waals surface area contributed by atoms with Crippen molar-refractivity contribution in [2.75, 3.05) is 26.5 Å². The number of pyridine rings is 1. The monoisotopic (exact) mass is 382 g/mol. The van der Waals surface area contributed by atoms with Crippen molar-refractivity contribution < 1.29 is 9.53 Å². The van der Waals surface area contributed by atoms with Crippen LogP contribution in [-0.2, 0) is 11.3 Å². The normalized spacial score (nSPS) is 10.7. The molecule has 0 aliphatic rings. The van der Waals surface area contributed by atoms with Crippen molar-refractivity contribution >= 4 is 17.7 Å². The molecule has 0 radical (unpaired) electrons. The van der Waals surface area contributed by atoms with Crippen LogP contribution >= 0.6 is 11.8 Å². The molecule has 2 aromatic heterocycles. The van der Waals surface area contributed by atoms with Gasteiger partial charge in [0.25, 0.3) is 5.91 Å². The molecular weight excluding hydrogens is 360 g/mol. The Morgan fingerprint density at radius 1 is 1.19 bits per heavy atom.